The fourth-order valence-electron chi connectivity index (χ4n) is 3.55. The summed E-state index contributed by atoms with van der Waals surface area (Å²) in [5, 5.41) is 3.11. The highest BCUT2D eigenvalue weighted by Crippen LogP contribution is 2.23. The Morgan fingerprint density at radius 2 is 1.50 bits per heavy atom. The van der Waals surface area contributed by atoms with Crippen molar-refractivity contribution in [1.29, 1.82) is 0 Å². The normalized spacial score (nSPS) is 11.9. The van der Waals surface area contributed by atoms with E-state index in [0.717, 1.165) is 16.7 Å². The molecular formula is C24H34N2O3S. The molecule has 5 nitrogen and oxygen atoms in total. The molecule has 1 N–H and O–H groups in total. The Morgan fingerprint density at radius 1 is 0.933 bits per heavy atom. The lowest BCUT2D eigenvalue weighted by Crippen LogP contribution is -2.42. The number of carbonyl (C=O) groups is 1. The molecule has 0 atom stereocenters. The second-order valence-corrected chi connectivity index (χ2v) is 10.6. The zero-order valence-electron chi connectivity index (χ0n) is 19.1. The number of sulfonamides is 1. The van der Waals surface area contributed by atoms with Crippen LogP contribution in [0.1, 0.15) is 54.7 Å². The summed E-state index contributed by atoms with van der Waals surface area (Å²) >= 11 is 0. The van der Waals surface area contributed by atoms with E-state index in [1.54, 1.807) is 12.1 Å². The highest BCUT2D eigenvalue weighted by Gasteiger charge is 2.21. The molecule has 0 aliphatic heterocycles. The van der Waals surface area contributed by atoms with Crippen molar-refractivity contribution in [2.45, 2.75) is 54.1 Å². The van der Waals surface area contributed by atoms with Crippen molar-refractivity contribution < 1.29 is 13.2 Å². The van der Waals surface area contributed by atoms with Gasteiger partial charge in [-0.25, -0.2) is 8.42 Å². The molecule has 2 rings (SSSR count). The molecule has 0 fully saturated rings. The molecule has 0 spiro atoms. The van der Waals surface area contributed by atoms with E-state index in [-0.39, 0.29) is 18.5 Å². The van der Waals surface area contributed by atoms with Crippen molar-refractivity contribution in [2.75, 3.05) is 10.6 Å². The zero-order valence-corrected chi connectivity index (χ0v) is 19.9. The van der Waals surface area contributed by atoms with E-state index < -0.39 is 10.0 Å². The molecule has 0 aliphatic carbocycles. The molecule has 0 saturated carbocycles. The topological polar surface area (TPSA) is 66.5 Å². The average molecular weight is 431 g/mol. The molecule has 0 aliphatic rings. The fraction of sp³-hybridized carbons (Fsp3) is 0.458. The number of benzene rings is 2. The molecule has 30 heavy (non-hydrogen) atoms. The summed E-state index contributed by atoms with van der Waals surface area (Å²) in [5.41, 5.74) is 4.18. The molecule has 6 heteroatoms. The maximum Gasteiger partial charge on any atom is 0.251 e. The van der Waals surface area contributed by atoms with E-state index in [1.165, 1.54) is 10.6 Å². The SMILES string of the molecule is Cc1ccc(N(Cc2ccc(C(=O)NC(C(C)C)C(C)C)cc2)S(C)(=O)=O)cc1C. The summed E-state index contributed by atoms with van der Waals surface area (Å²) < 4.78 is 26.2. The van der Waals surface area contributed by atoms with E-state index in [4.69, 9.17) is 0 Å². The van der Waals surface area contributed by atoms with Crippen LogP contribution in [0.5, 0.6) is 0 Å². The van der Waals surface area contributed by atoms with Gasteiger partial charge in [0.05, 0.1) is 18.5 Å². The van der Waals surface area contributed by atoms with Crippen LogP contribution in [0.3, 0.4) is 0 Å². The number of anilines is 1. The van der Waals surface area contributed by atoms with E-state index in [9.17, 15) is 13.2 Å². The van der Waals surface area contributed by atoms with E-state index in [2.05, 4.69) is 33.0 Å². The lowest BCUT2D eigenvalue weighted by molar-refractivity contribution is 0.0910. The molecule has 1 amide bonds. The maximum absolute atomic E-state index is 12.6. The number of carbonyl (C=O) groups excluding carboxylic acids is 1. The number of amides is 1. The third kappa shape index (κ3) is 6.08. The van der Waals surface area contributed by atoms with Gasteiger partial charge in [0.1, 0.15) is 0 Å². The van der Waals surface area contributed by atoms with Crippen molar-refractivity contribution >= 4 is 21.6 Å². The highest BCUT2D eigenvalue weighted by atomic mass is 32.2. The van der Waals surface area contributed by atoms with Gasteiger partial charge in [0.25, 0.3) is 5.91 Å². The number of aryl methyl sites for hydroxylation is 2. The van der Waals surface area contributed by atoms with Crippen molar-refractivity contribution in [3.05, 3.63) is 64.7 Å². The van der Waals surface area contributed by atoms with Gasteiger partial charge in [0.2, 0.25) is 10.0 Å². The third-order valence-corrected chi connectivity index (χ3v) is 6.60. The van der Waals surface area contributed by atoms with Crippen LogP contribution in [-0.2, 0) is 16.6 Å². The second-order valence-electron chi connectivity index (χ2n) is 8.72. The van der Waals surface area contributed by atoms with Crippen LogP contribution in [0.4, 0.5) is 5.69 Å². The first-order chi connectivity index (χ1) is 13.9. The van der Waals surface area contributed by atoms with Crippen molar-refractivity contribution in [2.24, 2.45) is 11.8 Å². The Bertz CT molecular complexity index is 972. The first-order valence-electron chi connectivity index (χ1n) is 10.3. The fourth-order valence-corrected chi connectivity index (χ4v) is 4.43. The summed E-state index contributed by atoms with van der Waals surface area (Å²) in [5.74, 6) is 0.576. The second kappa shape index (κ2) is 9.65. The van der Waals surface area contributed by atoms with E-state index in [1.807, 2.05) is 44.2 Å². The van der Waals surface area contributed by atoms with Gasteiger partial charge in [0, 0.05) is 11.6 Å². The van der Waals surface area contributed by atoms with Crippen LogP contribution < -0.4 is 9.62 Å². The Kier molecular flexibility index (Phi) is 7.70. The molecular weight excluding hydrogens is 396 g/mol. The summed E-state index contributed by atoms with van der Waals surface area (Å²) in [4.78, 5) is 12.6. The number of hydrogen-bond donors (Lipinski definition) is 1. The van der Waals surface area contributed by atoms with Crippen LogP contribution in [0.15, 0.2) is 42.5 Å². The summed E-state index contributed by atoms with van der Waals surface area (Å²) in [6.07, 6.45) is 1.21. The Hall–Kier alpha value is -2.34. The molecule has 2 aromatic carbocycles. The van der Waals surface area contributed by atoms with Crippen LogP contribution in [-0.4, -0.2) is 26.6 Å². The number of rotatable bonds is 8. The number of nitrogens with one attached hydrogen (secondary N) is 1. The first-order valence-corrected chi connectivity index (χ1v) is 12.2. The van der Waals surface area contributed by atoms with Crippen LogP contribution >= 0.6 is 0 Å². The Labute approximate surface area is 181 Å². The minimum Gasteiger partial charge on any atom is -0.349 e. The van der Waals surface area contributed by atoms with Gasteiger partial charge in [-0.15, -0.1) is 0 Å². The van der Waals surface area contributed by atoms with Gasteiger partial charge >= 0.3 is 0 Å². The van der Waals surface area contributed by atoms with Gasteiger partial charge in [-0.2, -0.15) is 0 Å². The van der Waals surface area contributed by atoms with Crippen LogP contribution in [0.2, 0.25) is 0 Å². The molecule has 0 saturated heterocycles. The van der Waals surface area contributed by atoms with Gasteiger partial charge in [0.15, 0.2) is 0 Å². The van der Waals surface area contributed by atoms with Crippen molar-refractivity contribution in [3.8, 4) is 0 Å². The van der Waals surface area contributed by atoms with Crippen molar-refractivity contribution in [3.63, 3.8) is 0 Å². The van der Waals surface area contributed by atoms with Crippen molar-refractivity contribution in [1.82, 2.24) is 5.32 Å². The summed E-state index contributed by atoms with van der Waals surface area (Å²) in [6, 6.07) is 12.9. The van der Waals surface area contributed by atoms with E-state index in [0.29, 0.717) is 23.1 Å². The standard InChI is InChI=1S/C24H34N2O3S/c1-16(2)23(17(3)4)25-24(27)21-11-9-20(10-12-21)15-26(30(7,28)29)22-13-8-18(5)19(6)14-22/h8-14,16-17,23H,15H2,1-7H3,(H,25,27). The summed E-state index contributed by atoms with van der Waals surface area (Å²) in [7, 11) is -3.45. The maximum atomic E-state index is 12.6. The highest BCUT2D eigenvalue weighted by molar-refractivity contribution is 7.92. The van der Waals surface area contributed by atoms with E-state index >= 15 is 0 Å². The Balaban J connectivity index is 2.21. The third-order valence-electron chi connectivity index (χ3n) is 5.46. The molecule has 2 aromatic rings. The quantitative estimate of drug-likeness (QED) is 0.661. The number of hydrogen-bond acceptors (Lipinski definition) is 3. The molecule has 164 valence electrons. The van der Waals surface area contributed by atoms with Crippen LogP contribution in [0.25, 0.3) is 0 Å². The van der Waals surface area contributed by atoms with Gasteiger partial charge < -0.3 is 5.32 Å². The van der Waals surface area contributed by atoms with Gasteiger partial charge in [-0.1, -0.05) is 45.9 Å². The largest absolute Gasteiger partial charge is 0.349 e. The monoisotopic (exact) mass is 430 g/mol. The average Bonchev–Trinajstić information content (AvgIpc) is 2.65. The lowest BCUT2D eigenvalue weighted by atomic mass is 9.93. The lowest BCUT2D eigenvalue weighted by Gasteiger charge is -2.26. The minimum absolute atomic E-state index is 0.0997. The molecule has 0 radical (unpaired) electrons. The first kappa shape index (κ1) is 23.9. The molecule has 0 unspecified atom stereocenters. The minimum atomic E-state index is -3.45. The summed E-state index contributed by atoms with van der Waals surface area (Å²) in [6.45, 7) is 12.6. The smallest absolute Gasteiger partial charge is 0.251 e. The predicted molar refractivity (Wildman–Crippen MR) is 124 cm³/mol. The number of nitrogens with zero attached hydrogens (tertiary/aromatic N) is 1. The van der Waals surface area contributed by atoms with Gasteiger partial charge in [-0.05, 0) is 66.6 Å². The zero-order chi connectivity index (χ0) is 22.6. The molecule has 0 heterocycles. The predicted octanol–water partition coefficient (Wildman–Crippen LogP) is 4.68. The van der Waals surface area contributed by atoms with Crippen LogP contribution in [0, 0.1) is 25.7 Å². The van der Waals surface area contributed by atoms with Gasteiger partial charge in [-0.3, -0.25) is 9.10 Å². The molecule has 0 bridgehead atoms. The molecule has 0 aromatic heterocycles. The Morgan fingerprint density at radius 3 is 1.97 bits per heavy atom.